The minimum Gasteiger partial charge on any atom is -0.295 e. The standard InChI is InChI=1S/C15H20O3S/c1-14(16)10-6-3-2-4-9-13-19(17,18)15-11-7-5-8-12-15/h5-8,10-12H,2-4,9,13H2,1H3/b10-6+. The third kappa shape index (κ3) is 6.34. The minimum atomic E-state index is -3.14. The van der Waals surface area contributed by atoms with Gasteiger partial charge in [0.15, 0.2) is 15.6 Å². The van der Waals surface area contributed by atoms with E-state index in [1.807, 2.05) is 6.08 Å². The zero-order valence-electron chi connectivity index (χ0n) is 11.2. The van der Waals surface area contributed by atoms with Crippen LogP contribution in [0.1, 0.15) is 32.6 Å². The van der Waals surface area contributed by atoms with E-state index < -0.39 is 9.84 Å². The fourth-order valence-electron chi connectivity index (χ4n) is 1.73. The van der Waals surface area contributed by atoms with E-state index in [0.717, 1.165) is 19.3 Å². The number of benzene rings is 1. The quantitative estimate of drug-likeness (QED) is 0.543. The predicted octanol–water partition coefficient (Wildman–Crippen LogP) is 3.17. The van der Waals surface area contributed by atoms with Crippen LogP contribution in [0.25, 0.3) is 0 Å². The number of hydrogen-bond donors (Lipinski definition) is 0. The van der Waals surface area contributed by atoms with E-state index in [1.165, 1.54) is 6.92 Å². The van der Waals surface area contributed by atoms with Crippen molar-refractivity contribution in [1.29, 1.82) is 0 Å². The van der Waals surface area contributed by atoms with Gasteiger partial charge in [0.25, 0.3) is 0 Å². The molecule has 19 heavy (non-hydrogen) atoms. The summed E-state index contributed by atoms with van der Waals surface area (Å²) in [6, 6.07) is 8.54. The van der Waals surface area contributed by atoms with Crippen LogP contribution in [0.2, 0.25) is 0 Å². The van der Waals surface area contributed by atoms with Gasteiger partial charge in [-0.3, -0.25) is 4.79 Å². The van der Waals surface area contributed by atoms with Crippen molar-refractivity contribution in [3.8, 4) is 0 Å². The maximum absolute atomic E-state index is 12.0. The molecule has 0 N–H and O–H groups in total. The Bertz CT molecular complexity index is 516. The molecule has 0 radical (unpaired) electrons. The van der Waals surface area contributed by atoms with E-state index in [-0.39, 0.29) is 11.5 Å². The van der Waals surface area contributed by atoms with Crippen LogP contribution in [0.4, 0.5) is 0 Å². The van der Waals surface area contributed by atoms with Crippen molar-refractivity contribution in [2.24, 2.45) is 0 Å². The molecule has 0 atom stereocenters. The Labute approximate surface area is 115 Å². The largest absolute Gasteiger partial charge is 0.295 e. The lowest BCUT2D eigenvalue weighted by Crippen LogP contribution is -2.06. The molecule has 4 heteroatoms. The van der Waals surface area contributed by atoms with Gasteiger partial charge >= 0.3 is 0 Å². The van der Waals surface area contributed by atoms with Crippen molar-refractivity contribution in [3.05, 3.63) is 42.5 Å². The average Bonchev–Trinajstić information content (AvgIpc) is 2.38. The Morgan fingerprint density at radius 3 is 2.42 bits per heavy atom. The molecule has 1 rings (SSSR count). The Balaban J connectivity index is 2.28. The highest BCUT2D eigenvalue weighted by molar-refractivity contribution is 7.91. The molecule has 0 saturated carbocycles. The van der Waals surface area contributed by atoms with Crippen molar-refractivity contribution in [2.45, 2.75) is 37.5 Å². The molecule has 0 aromatic heterocycles. The van der Waals surface area contributed by atoms with Crippen LogP contribution in [-0.4, -0.2) is 20.0 Å². The van der Waals surface area contributed by atoms with Crippen LogP contribution < -0.4 is 0 Å². The van der Waals surface area contributed by atoms with Gasteiger partial charge < -0.3 is 0 Å². The average molecular weight is 280 g/mol. The molecule has 0 amide bonds. The molecule has 0 spiro atoms. The second kappa shape index (κ2) is 7.89. The Kier molecular flexibility index (Phi) is 6.50. The van der Waals surface area contributed by atoms with E-state index in [4.69, 9.17) is 0 Å². The van der Waals surface area contributed by atoms with E-state index in [9.17, 15) is 13.2 Å². The van der Waals surface area contributed by atoms with Crippen molar-refractivity contribution >= 4 is 15.6 Å². The van der Waals surface area contributed by atoms with Gasteiger partial charge in [-0.2, -0.15) is 0 Å². The molecule has 0 bridgehead atoms. The highest BCUT2D eigenvalue weighted by Crippen LogP contribution is 2.13. The zero-order valence-corrected chi connectivity index (χ0v) is 12.0. The van der Waals surface area contributed by atoms with Gasteiger partial charge in [0, 0.05) is 0 Å². The smallest absolute Gasteiger partial charge is 0.178 e. The first kappa shape index (κ1) is 15.6. The highest BCUT2D eigenvalue weighted by Gasteiger charge is 2.12. The molecule has 3 nitrogen and oxygen atoms in total. The maximum Gasteiger partial charge on any atom is 0.178 e. The van der Waals surface area contributed by atoms with Crippen LogP contribution in [0.15, 0.2) is 47.4 Å². The topological polar surface area (TPSA) is 51.2 Å². The number of unbranched alkanes of at least 4 members (excludes halogenated alkanes) is 3. The first-order chi connectivity index (χ1) is 9.02. The summed E-state index contributed by atoms with van der Waals surface area (Å²) < 4.78 is 23.9. The fraction of sp³-hybridized carbons (Fsp3) is 0.400. The van der Waals surface area contributed by atoms with Crippen molar-refractivity contribution in [1.82, 2.24) is 0 Å². The van der Waals surface area contributed by atoms with Crippen LogP contribution in [0.3, 0.4) is 0 Å². The predicted molar refractivity (Wildman–Crippen MR) is 76.8 cm³/mol. The summed E-state index contributed by atoms with van der Waals surface area (Å²) in [7, 11) is -3.14. The lowest BCUT2D eigenvalue weighted by Gasteiger charge is -2.03. The summed E-state index contributed by atoms with van der Waals surface area (Å²) in [6.45, 7) is 1.52. The number of allylic oxidation sites excluding steroid dienone is 2. The number of ketones is 1. The summed E-state index contributed by atoms with van der Waals surface area (Å²) in [6.07, 6.45) is 6.65. The Hall–Kier alpha value is -1.42. The molecule has 104 valence electrons. The molecule has 1 aromatic carbocycles. The molecule has 0 saturated heterocycles. The van der Waals surface area contributed by atoms with Gasteiger partial charge in [0.1, 0.15) is 0 Å². The summed E-state index contributed by atoms with van der Waals surface area (Å²) in [5.74, 6) is 0.236. The van der Waals surface area contributed by atoms with E-state index >= 15 is 0 Å². The second-order valence-electron chi connectivity index (χ2n) is 4.49. The van der Waals surface area contributed by atoms with Gasteiger partial charge in [-0.05, 0) is 44.4 Å². The molecule has 0 heterocycles. The number of hydrogen-bond acceptors (Lipinski definition) is 3. The molecular weight excluding hydrogens is 260 g/mol. The minimum absolute atomic E-state index is 0.0478. The summed E-state index contributed by atoms with van der Waals surface area (Å²) in [5, 5.41) is 0. The van der Waals surface area contributed by atoms with Crippen LogP contribution >= 0.6 is 0 Å². The van der Waals surface area contributed by atoms with E-state index in [2.05, 4.69) is 0 Å². The molecule has 0 aliphatic rings. The normalized spacial score (nSPS) is 11.8. The van der Waals surface area contributed by atoms with Crippen LogP contribution in [0.5, 0.6) is 0 Å². The number of carbonyl (C=O) groups is 1. The van der Waals surface area contributed by atoms with Crippen molar-refractivity contribution < 1.29 is 13.2 Å². The lowest BCUT2D eigenvalue weighted by atomic mass is 10.2. The monoisotopic (exact) mass is 280 g/mol. The highest BCUT2D eigenvalue weighted by atomic mass is 32.2. The third-order valence-electron chi connectivity index (χ3n) is 2.74. The number of carbonyl (C=O) groups excluding carboxylic acids is 1. The summed E-state index contributed by atoms with van der Waals surface area (Å²) in [5.41, 5.74) is 0. The first-order valence-corrected chi connectivity index (χ1v) is 8.12. The first-order valence-electron chi connectivity index (χ1n) is 6.47. The van der Waals surface area contributed by atoms with Crippen molar-refractivity contribution in [2.75, 3.05) is 5.75 Å². The zero-order chi connectivity index (χ0) is 14.1. The number of rotatable bonds is 8. The SMILES string of the molecule is CC(=O)/C=C/CCCCCS(=O)(=O)c1ccccc1. The van der Waals surface area contributed by atoms with E-state index in [1.54, 1.807) is 36.4 Å². The Morgan fingerprint density at radius 2 is 1.79 bits per heavy atom. The molecule has 0 aliphatic carbocycles. The maximum atomic E-state index is 12.0. The van der Waals surface area contributed by atoms with Gasteiger partial charge in [0.05, 0.1) is 10.6 Å². The molecular formula is C15H20O3S. The van der Waals surface area contributed by atoms with E-state index in [0.29, 0.717) is 11.3 Å². The summed E-state index contributed by atoms with van der Waals surface area (Å²) in [4.78, 5) is 11.0. The second-order valence-corrected chi connectivity index (χ2v) is 6.60. The molecule has 0 unspecified atom stereocenters. The lowest BCUT2D eigenvalue weighted by molar-refractivity contribution is -0.112. The van der Waals surface area contributed by atoms with Gasteiger partial charge in [-0.1, -0.05) is 30.7 Å². The Morgan fingerprint density at radius 1 is 1.11 bits per heavy atom. The molecule has 1 aromatic rings. The van der Waals surface area contributed by atoms with Crippen LogP contribution in [-0.2, 0) is 14.6 Å². The van der Waals surface area contributed by atoms with Crippen molar-refractivity contribution in [3.63, 3.8) is 0 Å². The van der Waals surface area contributed by atoms with Gasteiger partial charge in [0.2, 0.25) is 0 Å². The summed E-state index contributed by atoms with van der Waals surface area (Å²) >= 11 is 0. The molecule has 0 fully saturated rings. The number of sulfone groups is 1. The van der Waals surface area contributed by atoms with Gasteiger partial charge in [-0.25, -0.2) is 8.42 Å². The van der Waals surface area contributed by atoms with Gasteiger partial charge in [-0.15, -0.1) is 0 Å². The third-order valence-corrected chi connectivity index (χ3v) is 4.56. The van der Waals surface area contributed by atoms with Crippen LogP contribution in [0, 0.1) is 0 Å². The fourth-order valence-corrected chi connectivity index (χ4v) is 3.12. The molecule has 0 aliphatic heterocycles.